The lowest BCUT2D eigenvalue weighted by Gasteiger charge is -2.45. The molecule has 2 aliphatic rings. The minimum Gasteiger partial charge on any atom is -0.494 e. The molecule has 0 amide bonds. The lowest BCUT2D eigenvalue weighted by molar-refractivity contribution is 0.0600. The van der Waals surface area contributed by atoms with Crippen LogP contribution < -0.4 is 4.74 Å². The monoisotopic (exact) mass is 445 g/mol. The van der Waals surface area contributed by atoms with Gasteiger partial charge in [-0.15, -0.1) is 0 Å². The Hall–Kier alpha value is -1.20. The van der Waals surface area contributed by atoms with Gasteiger partial charge in [-0.3, -0.25) is 4.90 Å². The van der Waals surface area contributed by atoms with Gasteiger partial charge in [-0.1, -0.05) is 6.92 Å². The zero-order valence-corrected chi connectivity index (χ0v) is 19.0. The van der Waals surface area contributed by atoms with Crippen molar-refractivity contribution in [1.29, 1.82) is 0 Å². The number of piperazine rings is 1. The van der Waals surface area contributed by atoms with Crippen molar-refractivity contribution in [2.45, 2.75) is 37.1 Å². The Balaban J connectivity index is 1.68. The van der Waals surface area contributed by atoms with Crippen LogP contribution in [-0.2, 0) is 20.0 Å². The number of hydrogen-bond donors (Lipinski definition) is 0. The van der Waals surface area contributed by atoms with E-state index in [1.54, 1.807) is 28.6 Å². The van der Waals surface area contributed by atoms with Crippen LogP contribution in [0.25, 0.3) is 0 Å². The molecule has 8 nitrogen and oxygen atoms in total. The maximum atomic E-state index is 13.0. The van der Waals surface area contributed by atoms with Gasteiger partial charge in [0, 0.05) is 44.8 Å². The highest BCUT2D eigenvalue weighted by Gasteiger charge is 2.45. The number of ether oxygens (including phenoxy) is 1. The average Bonchev–Trinajstić information content (AvgIpc) is 3.15. The summed E-state index contributed by atoms with van der Waals surface area (Å²) in [6.45, 7) is 7.49. The number of hydrogen-bond acceptors (Lipinski definition) is 6. The summed E-state index contributed by atoms with van der Waals surface area (Å²) in [7, 11) is -6.77. The van der Waals surface area contributed by atoms with Gasteiger partial charge < -0.3 is 4.74 Å². The zero-order chi connectivity index (χ0) is 21.3. The van der Waals surface area contributed by atoms with Crippen molar-refractivity contribution >= 4 is 20.0 Å². The molecule has 2 fully saturated rings. The fraction of sp³-hybridized carbons (Fsp3) is 0.684. The van der Waals surface area contributed by atoms with Gasteiger partial charge >= 0.3 is 0 Å². The van der Waals surface area contributed by atoms with Crippen LogP contribution in [0, 0.1) is 0 Å². The van der Waals surface area contributed by atoms with Crippen LogP contribution in [0.4, 0.5) is 0 Å². The highest BCUT2D eigenvalue weighted by molar-refractivity contribution is 7.89. The second kappa shape index (κ2) is 8.50. The van der Waals surface area contributed by atoms with E-state index in [0.29, 0.717) is 51.6 Å². The lowest BCUT2D eigenvalue weighted by atomic mass is 9.92. The van der Waals surface area contributed by atoms with Crippen molar-refractivity contribution in [2.75, 3.05) is 52.1 Å². The predicted molar refractivity (Wildman–Crippen MR) is 112 cm³/mol. The van der Waals surface area contributed by atoms with Crippen molar-refractivity contribution < 1.29 is 21.6 Å². The molecular formula is C19H31N3O5S2. The van der Waals surface area contributed by atoms with E-state index < -0.39 is 20.0 Å². The molecule has 1 aromatic rings. The first kappa shape index (κ1) is 22.5. The summed E-state index contributed by atoms with van der Waals surface area (Å²) in [5.41, 5.74) is -0.210. The molecule has 0 aromatic heterocycles. The van der Waals surface area contributed by atoms with Gasteiger partial charge in [0.15, 0.2) is 0 Å². The number of benzene rings is 1. The molecule has 0 spiro atoms. The van der Waals surface area contributed by atoms with Crippen LogP contribution in [0.5, 0.6) is 5.75 Å². The molecule has 0 N–H and O–H groups in total. The Morgan fingerprint density at radius 3 is 2.03 bits per heavy atom. The molecular weight excluding hydrogens is 414 g/mol. The Morgan fingerprint density at radius 1 is 0.931 bits per heavy atom. The Morgan fingerprint density at radius 2 is 1.55 bits per heavy atom. The van der Waals surface area contributed by atoms with Gasteiger partial charge in [0.1, 0.15) is 5.75 Å². The molecule has 10 heteroatoms. The molecule has 164 valence electrons. The van der Waals surface area contributed by atoms with E-state index in [0.717, 1.165) is 12.8 Å². The summed E-state index contributed by atoms with van der Waals surface area (Å²) in [4.78, 5) is 2.55. The Labute approximate surface area is 174 Å². The third-order valence-corrected chi connectivity index (χ3v) is 9.27. The van der Waals surface area contributed by atoms with Crippen LogP contribution >= 0.6 is 0 Å². The highest BCUT2D eigenvalue weighted by Crippen LogP contribution is 2.34. The molecule has 0 radical (unpaired) electrons. The van der Waals surface area contributed by atoms with Crippen LogP contribution in [0.2, 0.25) is 0 Å². The molecule has 0 saturated carbocycles. The third-order valence-electron chi connectivity index (χ3n) is 6.11. The van der Waals surface area contributed by atoms with Crippen LogP contribution in [0.1, 0.15) is 26.7 Å². The van der Waals surface area contributed by atoms with E-state index >= 15 is 0 Å². The van der Waals surface area contributed by atoms with Gasteiger partial charge in [-0.05, 0) is 44.0 Å². The molecule has 2 aliphatic heterocycles. The number of sulfonamides is 2. The second-order valence-electron chi connectivity index (χ2n) is 7.72. The van der Waals surface area contributed by atoms with E-state index in [2.05, 4.69) is 11.8 Å². The first-order chi connectivity index (χ1) is 13.6. The summed E-state index contributed by atoms with van der Waals surface area (Å²) in [5.74, 6) is 0.651. The standard InChI is InChI=1S/C19H31N3O5S2/c1-4-19(10-11-22(16-19)28(3,23)24)20-12-14-21(15-13-20)29(25,26)18-8-6-17(7-9-18)27-5-2/h6-9H,4-5,10-16H2,1-3H3. The van der Waals surface area contributed by atoms with Crippen molar-refractivity contribution in [2.24, 2.45) is 0 Å². The minimum atomic E-state index is -3.56. The van der Waals surface area contributed by atoms with Crippen molar-refractivity contribution in [1.82, 2.24) is 13.5 Å². The summed E-state index contributed by atoms with van der Waals surface area (Å²) >= 11 is 0. The van der Waals surface area contributed by atoms with Gasteiger partial charge in [0.25, 0.3) is 0 Å². The molecule has 2 saturated heterocycles. The van der Waals surface area contributed by atoms with Crippen LogP contribution in [-0.4, -0.2) is 88.0 Å². The first-order valence-electron chi connectivity index (χ1n) is 10.1. The van der Waals surface area contributed by atoms with Crippen molar-refractivity contribution in [3.8, 4) is 5.75 Å². The molecule has 0 aliphatic carbocycles. The van der Waals surface area contributed by atoms with E-state index in [4.69, 9.17) is 4.74 Å². The normalized spacial score (nSPS) is 25.3. The van der Waals surface area contributed by atoms with Gasteiger partial charge in [-0.2, -0.15) is 4.31 Å². The molecule has 1 aromatic carbocycles. The van der Waals surface area contributed by atoms with Gasteiger partial charge in [0.2, 0.25) is 20.0 Å². The van der Waals surface area contributed by atoms with Crippen LogP contribution in [0.3, 0.4) is 0 Å². The molecule has 2 heterocycles. The minimum absolute atomic E-state index is 0.210. The van der Waals surface area contributed by atoms with E-state index in [1.807, 2.05) is 6.92 Å². The SMILES string of the molecule is CCOc1ccc(S(=O)(=O)N2CCN(C3(CC)CCN(S(C)(=O)=O)C3)CC2)cc1. The molecule has 0 bridgehead atoms. The summed E-state index contributed by atoms with van der Waals surface area (Å²) in [6.07, 6.45) is 2.87. The molecule has 29 heavy (non-hydrogen) atoms. The third kappa shape index (κ3) is 4.61. The second-order valence-corrected chi connectivity index (χ2v) is 11.6. The summed E-state index contributed by atoms with van der Waals surface area (Å²) < 4.78 is 58.3. The maximum absolute atomic E-state index is 13.0. The topological polar surface area (TPSA) is 87.2 Å². The smallest absolute Gasteiger partial charge is 0.243 e. The fourth-order valence-corrected chi connectivity index (χ4v) is 6.62. The van der Waals surface area contributed by atoms with Crippen molar-refractivity contribution in [3.63, 3.8) is 0 Å². The quantitative estimate of drug-likeness (QED) is 0.627. The number of rotatable bonds is 7. The first-order valence-corrected chi connectivity index (χ1v) is 13.3. The largest absolute Gasteiger partial charge is 0.494 e. The highest BCUT2D eigenvalue weighted by atomic mass is 32.2. The van der Waals surface area contributed by atoms with Crippen molar-refractivity contribution in [3.05, 3.63) is 24.3 Å². The zero-order valence-electron chi connectivity index (χ0n) is 17.4. The van der Waals surface area contributed by atoms with E-state index in [1.165, 1.54) is 10.6 Å². The molecule has 1 atom stereocenters. The fourth-order valence-electron chi connectivity index (χ4n) is 4.30. The van der Waals surface area contributed by atoms with E-state index in [9.17, 15) is 16.8 Å². The summed E-state index contributed by atoms with van der Waals surface area (Å²) in [6, 6.07) is 6.52. The van der Waals surface area contributed by atoms with Crippen LogP contribution in [0.15, 0.2) is 29.2 Å². The Bertz CT molecular complexity index is 910. The van der Waals surface area contributed by atoms with E-state index in [-0.39, 0.29) is 10.4 Å². The van der Waals surface area contributed by atoms with Gasteiger partial charge in [-0.25, -0.2) is 21.1 Å². The van der Waals surface area contributed by atoms with Gasteiger partial charge in [0.05, 0.1) is 17.8 Å². The molecule has 3 rings (SSSR count). The predicted octanol–water partition coefficient (Wildman–Crippen LogP) is 1.21. The number of nitrogens with zero attached hydrogens (tertiary/aromatic N) is 3. The maximum Gasteiger partial charge on any atom is 0.243 e. The Kier molecular flexibility index (Phi) is 6.59. The molecule has 1 unspecified atom stereocenters. The average molecular weight is 446 g/mol. The summed E-state index contributed by atoms with van der Waals surface area (Å²) in [5, 5.41) is 0. The lowest BCUT2D eigenvalue weighted by Crippen LogP contribution is -2.58.